The van der Waals surface area contributed by atoms with Crippen molar-refractivity contribution in [3.63, 3.8) is 0 Å². The Bertz CT molecular complexity index is 638. The highest BCUT2D eigenvalue weighted by atomic mass is 35.5. The maximum Gasteiger partial charge on any atom is 0.151 e. The number of fused-ring (bicyclic) bond motifs is 1. The first-order valence-electron chi connectivity index (χ1n) is 5.27. The van der Waals surface area contributed by atoms with Gasteiger partial charge < -0.3 is 5.73 Å². The number of rotatable bonds is 3. The van der Waals surface area contributed by atoms with Crippen LogP contribution in [0.1, 0.15) is 11.3 Å². The number of amidine groups is 1. The molecule has 0 spiro atoms. The summed E-state index contributed by atoms with van der Waals surface area (Å²) in [5.74, 6) is 0.485. The lowest BCUT2D eigenvalue weighted by atomic mass is 10.1. The minimum absolute atomic E-state index is 0. The number of hydrogen-bond acceptors (Lipinski definition) is 5. The quantitative estimate of drug-likeness (QED) is 0.668. The third-order valence-corrected chi connectivity index (χ3v) is 3.18. The number of nitrogens with one attached hydrogen (secondary N) is 1. The van der Waals surface area contributed by atoms with Crippen molar-refractivity contribution in [1.82, 2.24) is 9.97 Å². The zero-order valence-electron chi connectivity index (χ0n) is 9.96. The Labute approximate surface area is 121 Å². The van der Waals surface area contributed by atoms with Crippen molar-refractivity contribution in [3.05, 3.63) is 35.8 Å². The zero-order valence-corrected chi connectivity index (χ0v) is 11.6. The van der Waals surface area contributed by atoms with Gasteiger partial charge in [0.15, 0.2) is 5.17 Å². The molecule has 19 heavy (non-hydrogen) atoms. The Kier molecular flexibility index (Phi) is 5.55. The molecular formula is C12H12ClN5S. The largest absolute Gasteiger partial charge is 0.379 e. The molecule has 0 radical (unpaired) electrons. The second kappa shape index (κ2) is 6.92. The van der Waals surface area contributed by atoms with Gasteiger partial charge in [-0.15, -0.1) is 12.4 Å². The summed E-state index contributed by atoms with van der Waals surface area (Å²) in [7, 11) is 0. The number of pyridine rings is 2. The van der Waals surface area contributed by atoms with Gasteiger partial charge in [-0.3, -0.25) is 15.4 Å². The Morgan fingerprint density at radius 2 is 2.26 bits per heavy atom. The third-order valence-electron chi connectivity index (χ3n) is 2.45. The molecule has 0 aliphatic heterocycles. The molecule has 0 aliphatic carbocycles. The van der Waals surface area contributed by atoms with Crippen molar-refractivity contribution < 1.29 is 0 Å². The first kappa shape index (κ1) is 15.2. The van der Waals surface area contributed by atoms with E-state index >= 15 is 0 Å². The average Bonchev–Trinajstić information content (AvgIpc) is 2.38. The van der Waals surface area contributed by atoms with Gasteiger partial charge >= 0.3 is 0 Å². The molecule has 7 heteroatoms. The van der Waals surface area contributed by atoms with E-state index in [9.17, 15) is 0 Å². The van der Waals surface area contributed by atoms with Crippen molar-refractivity contribution >= 4 is 40.2 Å². The van der Waals surface area contributed by atoms with Crippen molar-refractivity contribution in [2.45, 2.75) is 12.2 Å². The molecule has 2 rings (SSSR count). The molecule has 2 aromatic rings. The lowest BCUT2D eigenvalue weighted by molar-refractivity contribution is 1.10. The Balaban J connectivity index is 0.00000180. The molecule has 98 valence electrons. The summed E-state index contributed by atoms with van der Waals surface area (Å²) < 4.78 is 0. The average molecular weight is 294 g/mol. The van der Waals surface area contributed by atoms with Gasteiger partial charge in [0.25, 0.3) is 0 Å². The second-order valence-corrected chi connectivity index (χ2v) is 4.63. The molecule has 0 atom stereocenters. The smallest absolute Gasteiger partial charge is 0.151 e. The summed E-state index contributed by atoms with van der Waals surface area (Å²) in [4.78, 5) is 8.64. The van der Waals surface area contributed by atoms with E-state index in [4.69, 9.17) is 16.4 Å². The molecule has 0 unspecified atom stereocenters. The SMILES string of the molecule is Cl.N#CCc1c(CSC(=N)N)ncc2cccnc12. The highest BCUT2D eigenvalue weighted by Crippen LogP contribution is 2.22. The van der Waals surface area contributed by atoms with Gasteiger partial charge in [0.1, 0.15) is 0 Å². The summed E-state index contributed by atoms with van der Waals surface area (Å²) in [5, 5.41) is 17.1. The van der Waals surface area contributed by atoms with Crippen LogP contribution in [0.25, 0.3) is 10.9 Å². The van der Waals surface area contributed by atoms with Gasteiger partial charge in [-0.1, -0.05) is 11.8 Å². The lowest BCUT2D eigenvalue weighted by Gasteiger charge is -2.08. The molecule has 0 aromatic carbocycles. The fraction of sp³-hybridized carbons (Fsp3) is 0.167. The topological polar surface area (TPSA) is 99.4 Å². The predicted molar refractivity (Wildman–Crippen MR) is 79.3 cm³/mol. The van der Waals surface area contributed by atoms with Crippen molar-refractivity contribution in [1.29, 1.82) is 10.7 Å². The van der Waals surface area contributed by atoms with E-state index in [-0.39, 0.29) is 24.0 Å². The monoisotopic (exact) mass is 293 g/mol. The predicted octanol–water partition coefficient (Wildman–Crippen LogP) is 2.24. The van der Waals surface area contributed by atoms with Crippen LogP contribution in [0.4, 0.5) is 0 Å². The van der Waals surface area contributed by atoms with Gasteiger partial charge in [0, 0.05) is 29.1 Å². The van der Waals surface area contributed by atoms with Gasteiger partial charge in [-0.05, 0) is 12.1 Å². The van der Waals surface area contributed by atoms with E-state index < -0.39 is 0 Å². The van der Waals surface area contributed by atoms with E-state index in [1.807, 2.05) is 12.1 Å². The van der Waals surface area contributed by atoms with E-state index in [0.29, 0.717) is 5.75 Å². The van der Waals surface area contributed by atoms with Crippen LogP contribution in [-0.4, -0.2) is 15.1 Å². The molecule has 3 N–H and O–H groups in total. The number of halogens is 1. The maximum absolute atomic E-state index is 8.90. The maximum atomic E-state index is 8.90. The van der Waals surface area contributed by atoms with Crippen LogP contribution in [0, 0.1) is 16.7 Å². The molecule has 2 heterocycles. The summed E-state index contributed by atoms with van der Waals surface area (Å²) in [6.07, 6.45) is 3.69. The Hall–Kier alpha value is -1.84. The minimum Gasteiger partial charge on any atom is -0.379 e. The fourth-order valence-corrected chi connectivity index (χ4v) is 2.21. The van der Waals surface area contributed by atoms with E-state index in [1.54, 1.807) is 12.4 Å². The fourth-order valence-electron chi connectivity index (χ4n) is 1.67. The highest BCUT2D eigenvalue weighted by Gasteiger charge is 2.10. The number of nitrogens with zero attached hydrogens (tertiary/aromatic N) is 3. The summed E-state index contributed by atoms with van der Waals surface area (Å²) in [6, 6.07) is 5.88. The van der Waals surface area contributed by atoms with Crippen LogP contribution in [0.5, 0.6) is 0 Å². The zero-order chi connectivity index (χ0) is 13.0. The van der Waals surface area contributed by atoms with Crippen molar-refractivity contribution in [3.8, 4) is 6.07 Å². The Morgan fingerprint density at radius 3 is 2.95 bits per heavy atom. The van der Waals surface area contributed by atoms with Gasteiger partial charge in [0.05, 0.1) is 23.7 Å². The van der Waals surface area contributed by atoms with Gasteiger partial charge in [0.2, 0.25) is 0 Å². The number of aromatic nitrogens is 2. The summed E-state index contributed by atoms with van der Waals surface area (Å²) in [5.41, 5.74) is 7.70. The molecular weight excluding hydrogens is 282 g/mol. The van der Waals surface area contributed by atoms with E-state index in [2.05, 4.69) is 16.0 Å². The summed E-state index contributed by atoms with van der Waals surface area (Å²) >= 11 is 1.19. The molecule has 0 amide bonds. The molecule has 0 fully saturated rings. The van der Waals surface area contributed by atoms with E-state index in [1.165, 1.54) is 11.8 Å². The standard InChI is InChI=1S/C12H11N5S.ClH/c13-4-3-9-10(7-18-12(14)15)17-6-8-2-1-5-16-11(8)9;/h1-2,5-6H,3,7H2,(H3,14,15);1H. The number of nitrogens with two attached hydrogens (primary N) is 1. The Morgan fingerprint density at radius 1 is 1.47 bits per heavy atom. The summed E-state index contributed by atoms with van der Waals surface area (Å²) in [6.45, 7) is 0. The minimum atomic E-state index is 0. The first-order chi connectivity index (χ1) is 8.72. The van der Waals surface area contributed by atoms with Crippen LogP contribution < -0.4 is 5.73 Å². The van der Waals surface area contributed by atoms with Crippen molar-refractivity contribution in [2.24, 2.45) is 5.73 Å². The number of thioether (sulfide) groups is 1. The van der Waals surface area contributed by atoms with Crippen LogP contribution in [0.15, 0.2) is 24.5 Å². The number of nitriles is 1. The van der Waals surface area contributed by atoms with Crippen LogP contribution in [0.2, 0.25) is 0 Å². The van der Waals surface area contributed by atoms with Gasteiger partial charge in [-0.2, -0.15) is 5.26 Å². The van der Waals surface area contributed by atoms with Crippen LogP contribution in [0.3, 0.4) is 0 Å². The van der Waals surface area contributed by atoms with Gasteiger partial charge in [-0.25, -0.2) is 0 Å². The molecule has 5 nitrogen and oxygen atoms in total. The van der Waals surface area contributed by atoms with Crippen molar-refractivity contribution in [2.75, 3.05) is 0 Å². The molecule has 0 bridgehead atoms. The van der Waals surface area contributed by atoms with Crippen LogP contribution >= 0.6 is 24.2 Å². The first-order valence-corrected chi connectivity index (χ1v) is 6.26. The van der Waals surface area contributed by atoms with Crippen LogP contribution in [-0.2, 0) is 12.2 Å². The molecule has 0 saturated heterocycles. The highest BCUT2D eigenvalue weighted by molar-refractivity contribution is 8.13. The normalized spacial score (nSPS) is 9.63. The molecule has 0 saturated carbocycles. The second-order valence-electron chi connectivity index (χ2n) is 3.61. The third kappa shape index (κ3) is 3.56. The molecule has 2 aromatic heterocycles. The lowest BCUT2D eigenvalue weighted by Crippen LogP contribution is -2.06. The number of hydrogen-bond donors (Lipinski definition) is 2. The van der Waals surface area contributed by atoms with E-state index in [0.717, 1.165) is 22.2 Å². The molecule has 0 aliphatic rings.